The number of para-hydroxylation sites is 1. The van der Waals surface area contributed by atoms with Crippen molar-refractivity contribution < 1.29 is 19.4 Å². The lowest BCUT2D eigenvalue weighted by molar-refractivity contribution is -0.0227. The van der Waals surface area contributed by atoms with Crippen LogP contribution in [0.1, 0.15) is 23.2 Å². The van der Waals surface area contributed by atoms with Crippen LogP contribution in [0.15, 0.2) is 24.3 Å². The van der Waals surface area contributed by atoms with Gasteiger partial charge in [0.15, 0.2) is 0 Å². The Bertz CT molecular complexity index is 563. The van der Waals surface area contributed by atoms with E-state index in [0.717, 1.165) is 12.8 Å². The van der Waals surface area contributed by atoms with Gasteiger partial charge in [-0.15, -0.1) is 0 Å². The highest BCUT2D eigenvalue weighted by atomic mass is 16.5. The number of anilines is 1. The van der Waals surface area contributed by atoms with E-state index in [1.807, 2.05) is 0 Å². The molecule has 1 N–H and O–H groups in total. The smallest absolute Gasteiger partial charge is 0.337 e. The highest BCUT2D eigenvalue weighted by molar-refractivity contribution is 6.01. The van der Waals surface area contributed by atoms with Crippen molar-refractivity contribution in [3.05, 3.63) is 29.8 Å². The summed E-state index contributed by atoms with van der Waals surface area (Å²) < 4.78 is 5.72. The molecule has 2 heterocycles. The van der Waals surface area contributed by atoms with E-state index in [-0.39, 0.29) is 23.8 Å². The number of carboxylic acid groups (broad SMARTS) is 1. The van der Waals surface area contributed by atoms with E-state index in [4.69, 9.17) is 4.74 Å². The van der Waals surface area contributed by atoms with E-state index in [9.17, 15) is 14.7 Å². The van der Waals surface area contributed by atoms with Gasteiger partial charge in [-0.25, -0.2) is 9.59 Å². The molecule has 2 unspecified atom stereocenters. The third-order valence-electron chi connectivity index (χ3n) is 4.10. The monoisotopic (exact) mass is 290 g/mol. The average molecular weight is 290 g/mol. The van der Waals surface area contributed by atoms with Crippen molar-refractivity contribution in [2.75, 3.05) is 25.0 Å². The quantitative estimate of drug-likeness (QED) is 0.901. The minimum Gasteiger partial charge on any atom is -0.478 e. The summed E-state index contributed by atoms with van der Waals surface area (Å²) in [5.41, 5.74) is 0.540. The molecule has 21 heavy (non-hydrogen) atoms. The van der Waals surface area contributed by atoms with Crippen LogP contribution in [0.5, 0.6) is 0 Å². The minimum atomic E-state index is -1.03. The maximum atomic E-state index is 12.6. The highest BCUT2D eigenvalue weighted by Gasteiger charge is 2.37. The fraction of sp³-hybridized carbons (Fsp3) is 0.467. The number of amides is 2. The Kier molecular flexibility index (Phi) is 3.55. The van der Waals surface area contributed by atoms with E-state index in [1.54, 1.807) is 30.1 Å². The summed E-state index contributed by atoms with van der Waals surface area (Å²) in [5.74, 6) is -1.03. The third-order valence-corrected chi connectivity index (χ3v) is 4.10. The van der Waals surface area contributed by atoms with Crippen molar-refractivity contribution in [3.63, 3.8) is 0 Å². The van der Waals surface area contributed by atoms with E-state index >= 15 is 0 Å². The van der Waals surface area contributed by atoms with Gasteiger partial charge < -0.3 is 14.7 Å². The maximum absolute atomic E-state index is 12.6. The van der Waals surface area contributed by atoms with Crippen LogP contribution in [-0.2, 0) is 4.74 Å². The number of aromatic carboxylic acids is 1. The number of carboxylic acids is 1. The van der Waals surface area contributed by atoms with Gasteiger partial charge in [0.2, 0.25) is 0 Å². The zero-order valence-electron chi connectivity index (χ0n) is 11.9. The van der Waals surface area contributed by atoms with Crippen LogP contribution in [-0.4, -0.2) is 54.4 Å². The number of fused-ring (bicyclic) bond motifs is 2. The van der Waals surface area contributed by atoms with Gasteiger partial charge in [0, 0.05) is 20.1 Å². The van der Waals surface area contributed by atoms with Crippen molar-refractivity contribution in [3.8, 4) is 0 Å². The van der Waals surface area contributed by atoms with Gasteiger partial charge in [0.05, 0.1) is 23.5 Å². The number of carbonyl (C=O) groups is 2. The van der Waals surface area contributed by atoms with Crippen LogP contribution in [0.25, 0.3) is 0 Å². The maximum Gasteiger partial charge on any atom is 0.337 e. The van der Waals surface area contributed by atoms with Crippen LogP contribution in [0.3, 0.4) is 0 Å². The van der Waals surface area contributed by atoms with E-state index in [1.165, 1.54) is 11.0 Å². The fourth-order valence-corrected chi connectivity index (χ4v) is 3.03. The molecule has 6 heteroatoms. The molecule has 2 saturated heterocycles. The van der Waals surface area contributed by atoms with Crippen molar-refractivity contribution in [1.29, 1.82) is 0 Å². The largest absolute Gasteiger partial charge is 0.478 e. The first kappa shape index (κ1) is 13.9. The second-order valence-corrected chi connectivity index (χ2v) is 5.53. The molecule has 2 amide bonds. The first-order chi connectivity index (χ1) is 10.1. The number of ether oxygens (including phenoxy) is 1. The number of rotatable bonds is 2. The molecule has 0 aromatic heterocycles. The van der Waals surface area contributed by atoms with Crippen molar-refractivity contribution in [2.45, 2.75) is 25.0 Å². The molecule has 112 valence electrons. The molecule has 6 nitrogen and oxygen atoms in total. The van der Waals surface area contributed by atoms with E-state index in [2.05, 4.69) is 0 Å². The van der Waals surface area contributed by atoms with Crippen LogP contribution in [0, 0.1) is 0 Å². The summed E-state index contributed by atoms with van der Waals surface area (Å²) in [6.07, 6.45) is 2.22. The Hall–Kier alpha value is -2.08. The predicted octanol–water partition coefficient (Wildman–Crippen LogP) is 1.80. The molecule has 0 radical (unpaired) electrons. The molecular formula is C15H18N2O4. The second kappa shape index (κ2) is 5.37. The van der Waals surface area contributed by atoms with Gasteiger partial charge in [0.25, 0.3) is 0 Å². The molecule has 1 aromatic rings. The topological polar surface area (TPSA) is 70.1 Å². The average Bonchev–Trinajstić information content (AvgIpc) is 2.84. The van der Waals surface area contributed by atoms with Crippen LogP contribution in [0.2, 0.25) is 0 Å². The number of morpholine rings is 1. The Morgan fingerprint density at radius 1 is 1.24 bits per heavy atom. The van der Waals surface area contributed by atoms with E-state index < -0.39 is 5.97 Å². The summed E-state index contributed by atoms with van der Waals surface area (Å²) in [7, 11) is 1.61. The summed E-state index contributed by atoms with van der Waals surface area (Å²) in [6.45, 7) is 1.16. The standard InChI is InChI=1S/C15H18N2O4/c1-16(13-5-3-2-4-12(13)14(18)19)15(20)17-8-10-6-7-11(9-17)21-10/h2-5,10-11H,6-9H2,1H3,(H,18,19). The number of nitrogens with zero attached hydrogens (tertiary/aromatic N) is 2. The lowest BCUT2D eigenvalue weighted by atomic mass is 10.1. The lowest BCUT2D eigenvalue weighted by Crippen LogP contribution is -2.50. The molecule has 0 spiro atoms. The molecular weight excluding hydrogens is 272 g/mol. The van der Waals surface area contributed by atoms with Gasteiger partial charge in [-0.3, -0.25) is 4.90 Å². The fourth-order valence-electron chi connectivity index (χ4n) is 3.03. The molecule has 2 bridgehead atoms. The molecule has 2 aliphatic rings. The number of hydrogen-bond donors (Lipinski definition) is 1. The number of benzene rings is 1. The third kappa shape index (κ3) is 2.58. The first-order valence-electron chi connectivity index (χ1n) is 7.06. The van der Waals surface area contributed by atoms with Crippen molar-refractivity contribution >= 4 is 17.7 Å². The number of likely N-dealkylation sites (tertiary alicyclic amines) is 1. The van der Waals surface area contributed by atoms with Gasteiger partial charge in [-0.1, -0.05) is 12.1 Å². The Labute approximate surface area is 122 Å². The molecule has 1 aromatic carbocycles. The molecule has 2 fully saturated rings. The molecule has 0 aliphatic carbocycles. The summed E-state index contributed by atoms with van der Waals surface area (Å²) in [4.78, 5) is 27.0. The summed E-state index contributed by atoms with van der Waals surface area (Å²) >= 11 is 0. The summed E-state index contributed by atoms with van der Waals surface area (Å²) in [5, 5.41) is 9.23. The molecule has 3 rings (SSSR count). The van der Waals surface area contributed by atoms with Crippen molar-refractivity contribution in [1.82, 2.24) is 4.90 Å². The highest BCUT2D eigenvalue weighted by Crippen LogP contribution is 2.28. The van der Waals surface area contributed by atoms with Gasteiger partial charge in [-0.2, -0.15) is 0 Å². The van der Waals surface area contributed by atoms with Gasteiger partial charge in [-0.05, 0) is 25.0 Å². The molecule has 2 atom stereocenters. The van der Waals surface area contributed by atoms with Gasteiger partial charge in [0.1, 0.15) is 0 Å². The van der Waals surface area contributed by atoms with Crippen molar-refractivity contribution in [2.24, 2.45) is 0 Å². The zero-order valence-corrected chi connectivity index (χ0v) is 11.9. The van der Waals surface area contributed by atoms with Crippen LogP contribution >= 0.6 is 0 Å². The number of urea groups is 1. The SMILES string of the molecule is CN(C(=O)N1CC2CCC(C1)O2)c1ccccc1C(=O)O. The second-order valence-electron chi connectivity index (χ2n) is 5.53. The zero-order chi connectivity index (χ0) is 15.0. The normalized spacial score (nSPS) is 24.0. The van der Waals surface area contributed by atoms with E-state index in [0.29, 0.717) is 18.8 Å². The molecule has 0 saturated carbocycles. The predicted molar refractivity (Wildman–Crippen MR) is 76.7 cm³/mol. The van der Waals surface area contributed by atoms with Crippen LogP contribution < -0.4 is 4.90 Å². The Morgan fingerprint density at radius 2 is 1.86 bits per heavy atom. The Balaban J connectivity index is 1.80. The summed E-state index contributed by atoms with van der Waals surface area (Å²) in [6, 6.07) is 6.36. The number of carbonyl (C=O) groups excluding carboxylic acids is 1. The first-order valence-corrected chi connectivity index (χ1v) is 7.06. The lowest BCUT2D eigenvalue weighted by Gasteiger charge is -2.35. The minimum absolute atomic E-state index is 0.121. The van der Waals surface area contributed by atoms with Gasteiger partial charge >= 0.3 is 12.0 Å². The Morgan fingerprint density at radius 3 is 2.48 bits per heavy atom. The van der Waals surface area contributed by atoms with Crippen LogP contribution in [0.4, 0.5) is 10.5 Å². The molecule has 2 aliphatic heterocycles. The number of hydrogen-bond acceptors (Lipinski definition) is 3.